The number of thioether (sulfide) groups is 1. The molecule has 4 N–H and O–H groups in total. The molecule has 0 radical (unpaired) electrons. The van der Waals surface area contributed by atoms with Gasteiger partial charge in [-0.2, -0.15) is 0 Å². The number of aliphatic carboxylic acids is 1. The number of benzene rings is 2. The number of amides is 4. The fourth-order valence-electron chi connectivity index (χ4n) is 4.14. The van der Waals surface area contributed by atoms with Crippen LogP contribution in [0.25, 0.3) is 0 Å². The van der Waals surface area contributed by atoms with Crippen LogP contribution >= 0.6 is 11.8 Å². The number of carbonyl (C=O) groups is 5. The number of rotatable bonds is 7. The molecule has 4 rings (SSSR count). The predicted molar refractivity (Wildman–Crippen MR) is 130 cm³/mol. The molecular formula is C25H23N3O6S. The molecule has 1 saturated heterocycles. The molecule has 0 bridgehead atoms. The number of allylic oxidation sites excluding steroid dienone is 2. The highest BCUT2D eigenvalue weighted by Gasteiger charge is 2.40. The van der Waals surface area contributed by atoms with Crippen molar-refractivity contribution in [3.63, 3.8) is 0 Å². The third-order valence-corrected chi connectivity index (χ3v) is 7.20. The molecule has 9 nitrogen and oxygen atoms in total. The van der Waals surface area contributed by atoms with Crippen molar-refractivity contribution in [2.45, 2.75) is 29.4 Å². The number of nitrogens with one attached hydrogen (secondary N) is 1. The van der Waals surface area contributed by atoms with Gasteiger partial charge in [-0.1, -0.05) is 12.2 Å². The zero-order valence-electron chi connectivity index (χ0n) is 18.5. The van der Waals surface area contributed by atoms with Crippen molar-refractivity contribution >= 4 is 52.7 Å². The van der Waals surface area contributed by atoms with E-state index in [2.05, 4.69) is 5.32 Å². The third-order valence-electron chi connectivity index (χ3n) is 6.00. The van der Waals surface area contributed by atoms with Crippen LogP contribution in [-0.4, -0.2) is 40.0 Å². The number of carboxylic acids is 1. The number of carboxylic acid groups (broad SMARTS) is 1. The van der Waals surface area contributed by atoms with Gasteiger partial charge in [0.05, 0.1) is 22.8 Å². The summed E-state index contributed by atoms with van der Waals surface area (Å²) in [4.78, 5) is 62.6. The summed E-state index contributed by atoms with van der Waals surface area (Å²) in [6.07, 6.45) is 4.32. The van der Waals surface area contributed by atoms with Crippen LogP contribution in [0, 0.1) is 11.8 Å². The van der Waals surface area contributed by atoms with Crippen LogP contribution in [0.2, 0.25) is 0 Å². The number of primary amides is 1. The van der Waals surface area contributed by atoms with Crippen LogP contribution in [0.1, 0.15) is 29.6 Å². The van der Waals surface area contributed by atoms with Gasteiger partial charge < -0.3 is 16.2 Å². The van der Waals surface area contributed by atoms with Crippen LogP contribution in [-0.2, 0) is 19.2 Å². The van der Waals surface area contributed by atoms with Gasteiger partial charge in [0.1, 0.15) is 0 Å². The van der Waals surface area contributed by atoms with Crippen LogP contribution in [0.4, 0.5) is 11.4 Å². The lowest BCUT2D eigenvalue weighted by Crippen LogP contribution is -2.34. The highest BCUT2D eigenvalue weighted by atomic mass is 32.2. The van der Waals surface area contributed by atoms with Crippen molar-refractivity contribution in [3.8, 4) is 0 Å². The summed E-state index contributed by atoms with van der Waals surface area (Å²) < 4.78 is 0. The van der Waals surface area contributed by atoms with E-state index in [1.165, 1.54) is 36.0 Å². The highest BCUT2D eigenvalue weighted by Crippen LogP contribution is 2.35. The molecule has 1 aliphatic carbocycles. The van der Waals surface area contributed by atoms with Gasteiger partial charge in [0.15, 0.2) is 0 Å². The Morgan fingerprint density at radius 1 is 0.943 bits per heavy atom. The number of anilines is 2. The van der Waals surface area contributed by atoms with E-state index in [-0.39, 0.29) is 29.7 Å². The number of hydrogen-bond acceptors (Lipinski definition) is 6. The van der Waals surface area contributed by atoms with Gasteiger partial charge in [0, 0.05) is 22.6 Å². The fourth-order valence-corrected chi connectivity index (χ4v) is 5.19. The largest absolute Gasteiger partial charge is 0.481 e. The molecule has 2 aromatic rings. The molecule has 35 heavy (non-hydrogen) atoms. The van der Waals surface area contributed by atoms with Crippen molar-refractivity contribution < 1.29 is 29.1 Å². The molecule has 4 amide bonds. The SMILES string of the molecule is NC(=O)c1ccc(N2C(=O)CC(Sc3ccc(NC(=O)C4CC=CCC4C(=O)O)cc3)C2=O)cc1. The molecule has 0 saturated carbocycles. The molecule has 2 aromatic carbocycles. The average Bonchev–Trinajstić information content (AvgIpc) is 3.12. The van der Waals surface area contributed by atoms with Gasteiger partial charge in [-0.05, 0) is 61.4 Å². The Balaban J connectivity index is 1.39. The quantitative estimate of drug-likeness (QED) is 0.397. The first-order chi connectivity index (χ1) is 16.7. The lowest BCUT2D eigenvalue weighted by Gasteiger charge is -2.24. The lowest BCUT2D eigenvalue weighted by atomic mass is 9.82. The fraction of sp³-hybridized carbons (Fsp3) is 0.240. The van der Waals surface area contributed by atoms with E-state index in [0.717, 1.165) is 9.80 Å². The minimum absolute atomic E-state index is 0.0331. The van der Waals surface area contributed by atoms with Crippen molar-refractivity contribution in [2.75, 3.05) is 10.2 Å². The van der Waals surface area contributed by atoms with E-state index in [1.807, 2.05) is 6.08 Å². The maximum atomic E-state index is 12.9. The molecule has 3 atom stereocenters. The summed E-state index contributed by atoms with van der Waals surface area (Å²) in [7, 11) is 0. The van der Waals surface area contributed by atoms with Crippen LogP contribution < -0.4 is 16.0 Å². The van der Waals surface area contributed by atoms with Gasteiger partial charge in [-0.25, -0.2) is 4.90 Å². The third kappa shape index (κ3) is 5.27. The summed E-state index contributed by atoms with van der Waals surface area (Å²) in [6, 6.07) is 12.8. The molecule has 3 unspecified atom stereocenters. The standard InChI is InChI=1S/C25H23N3O6S/c26-22(30)14-5-9-16(10-6-14)28-21(29)13-20(24(28)32)35-17-11-7-15(8-12-17)27-23(31)18-3-1-2-4-19(18)25(33)34/h1-2,5-12,18-20H,3-4,13H2,(H2,26,30)(H,27,31)(H,33,34). The molecule has 1 aliphatic heterocycles. The predicted octanol–water partition coefficient (Wildman–Crippen LogP) is 2.82. The zero-order chi connectivity index (χ0) is 25.1. The number of hydrogen-bond donors (Lipinski definition) is 3. The Bertz CT molecular complexity index is 1210. The van der Waals surface area contributed by atoms with Crippen LogP contribution in [0.15, 0.2) is 65.6 Å². The minimum atomic E-state index is -0.991. The second kappa shape index (κ2) is 10.1. The molecule has 180 valence electrons. The highest BCUT2D eigenvalue weighted by molar-refractivity contribution is 8.00. The van der Waals surface area contributed by atoms with E-state index in [9.17, 15) is 29.1 Å². The van der Waals surface area contributed by atoms with Crippen LogP contribution in [0.3, 0.4) is 0 Å². The summed E-state index contributed by atoms with van der Waals surface area (Å²) in [5, 5.41) is 11.5. The molecule has 0 aromatic heterocycles. The Kier molecular flexibility index (Phi) is 7.02. The van der Waals surface area contributed by atoms with Crippen molar-refractivity contribution in [1.82, 2.24) is 0 Å². The smallest absolute Gasteiger partial charge is 0.307 e. The van der Waals surface area contributed by atoms with Gasteiger partial charge in [0.2, 0.25) is 23.6 Å². The van der Waals surface area contributed by atoms with Crippen molar-refractivity contribution in [3.05, 3.63) is 66.2 Å². The Morgan fingerprint density at radius 2 is 1.57 bits per heavy atom. The molecule has 2 aliphatic rings. The van der Waals surface area contributed by atoms with E-state index >= 15 is 0 Å². The molecule has 1 fully saturated rings. The Hall–Kier alpha value is -3.92. The first-order valence-electron chi connectivity index (χ1n) is 11.0. The van der Waals surface area contributed by atoms with Gasteiger partial charge in [-0.3, -0.25) is 24.0 Å². The number of nitrogens with two attached hydrogens (primary N) is 1. The molecule has 0 spiro atoms. The minimum Gasteiger partial charge on any atom is -0.481 e. The average molecular weight is 494 g/mol. The van der Waals surface area contributed by atoms with Crippen LogP contribution in [0.5, 0.6) is 0 Å². The molecular weight excluding hydrogens is 470 g/mol. The van der Waals surface area contributed by atoms with Crippen molar-refractivity contribution in [1.29, 1.82) is 0 Å². The molecule has 10 heteroatoms. The van der Waals surface area contributed by atoms with Gasteiger partial charge >= 0.3 is 5.97 Å². The second-order valence-electron chi connectivity index (χ2n) is 8.30. The topological polar surface area (TPSA) is 147 Å². The Labute approximate surface area is 205 Å². The zero-order valence-corrected chi connectivity index (χ0v) is 19.4. The van der Waals surface area contributed by atoms with Gasteiger partial charge in [0.25, 0.3) is 0 Å². The first kappa shape index (κ1) is 24.2. The van der Waals surface area contributed by atoms with E-state index < -0.39 is 29.0 Å². The lowest BCUT2D eigenvalue weighted by molar-refractivity contribution is -0.146. The van der Waals surface area contributed by atoms with Gasteiger partial charge in [-0.15, -0.1) is 11.8 Å². The van der Waals surface area contributed by atoms with E-state index in [4.69, 9.17) is 5.73 Å². The summed E-state index contributed by atoms with van der Waals surface area (Å²) in [6.45, 7) is 0. The second-order valence-corrected chi connectivity index (χ2v) is 9.57. The maximum absolute atomic E-state index is 12.9. The summed E-state index contributed by atoms with van der Waals surface area (Å²) in [5.41, 5.74) is 6.41. The first-order valence-corrected chi connectivity index (χ1v) is 11.8. The molecule has 1 heterocycles. The Morgan fingerprint density at radius 3 is 2.17 bits per heavy atom. The summed E-state index contributed by atoms with van der Waals surface area (Å²) >= 11 is 1.24. The van der Waals surface area contributed by atoms with E-state index in [0.29, 0.717) is 24.2 Å². The maximum Gasteiger partial charge on any atom is 0.307 e. The number of imide groups is 1. The normalized spacial score (nSPS) is 21.7. The number of nitrogens with zero attached hydrogens (tertiary/aromatic N) is 1. The van der Waals surface area contributed by atoms with E-state index in [1.54, 1.807) is 30.3 Å². The number of carbonyl (C=O) groups excluding carboxylic acids is 4. The van der Waals surface area contributed by atoms with Crippen molar-refractivity contribution in [2.24, 2.45) is 17.6 Å². The summed E-state index contributed by atoms with van der Waals surface area (Å²) in [5.74, 6) is -4.02. The monoisotopic (exact) mass is 493 g/mol.